The van der Waals surface area contributed by atoms with Gasteiger partial charge in [0, 0.05) is 12.4 Å². The standard InChI is InChI=1S/C9H12N2O3/c12-6-8(11-9(13)14)5-7-1-3-10-4-2-7/h1-4,8,11-12H,5-6H2,(H,13,14)/t8-/m1/s1. The molecule has 76 valence electrons. The smallest absolute Gasteiger partial charge is 0.404 e. The molecule has 3 N–H and O–H groups in total. The molecule has 5 nitrogen and oxygen atoms in total. The molecule has 1 atom stereocenters. The molecule has 0 bridgehead atoms. The number of nitrogens with zero attached hydrogens (tertiary/aromatic N) is 1. The zero-order valence-electron chi connectivity index (χ0n) is 7.55. The zero-order chi connectivity index (χ0) is 10.4. The molecule has 0 aliphatic heterocycles. The molecular weight excluding hydrogens is 184 g/mol. The summed E-state index contributed by atoms with van der Waals surface area (Å²) in [6.07, 6.45) is 2.60. The highest BCUT2D eigenvalue weighted by atomic mass is 16.4. The van der Waals surface area contributed by atoms with Crippen molar-refractivity contribution >= 4 is 6.09 Å². The van der Waals surface area contributed by atoms with E-state index in [1.54, 1.807) is 24.5 Å². The van der Waals surface area contributed by atoms with Crippen molar-refractivity contribution < 1.29 is 15.0 Å². The summed E-state index contributed by atoms with van der Waals surface area (Å²) in [7, 11) is 0. The van der Waals surface area contributed by atoms with E-state index in [4.69, 9.17) is 10.2 Å². The van der Waals surface area contributed by atoms with Crippen LogP contribution in [0.1, 0.15) is 5.56 Å². The zero-order valence-corrected chi connectivity index (χ0v) is 7.55. The van der Waals surface area contributed by atoms with Gasteiger partial charge in [-0.1, -0.05) is 0 Å². The van der Waals surface area contributed by atoms with Crippen LogP contribution in [0.2, 0.25) is 0 Å². The Labute approximate surface area is 81.4 Å². The van der Waals surface area contributed by atoms with Gasteiger partial charge in [-0.25, -0.2) is 4.79 Å². The lowest BCUT2D eigenvalue weighted by Gasteiger charge is -2.13. The monoisotopic (exact) mass is 196 g/mol. The Morgan fingerprint density at radius 2 is 2.14 bits per heavy atom. The van der Waals surface area contributed by atoms with Crippen LogP contribution in [0.15, 0.2) is 24.5 Å². The summed E-state index contributed by atoms with van der Waals surface area (Å²) in [5, 5.41) is 19.6. The first-order chi connectivity index (χ1) is 6.72. The van der Waals surface area contributed by atoms with Crippen LogP contribution in [0.25, 0.3) is 0 Å². The SMILES string of the molecule is O=C(O)N[C@@H](CO)Cc1ccncc1. The molecule has 0 aliphatic rings. The summed E-state index contributed by atoms with van der Waals surface area (Å²) < 4.78 is 0. The number of hydrogen-bond donors (Lipinski definition) is 3. The Kier molecular flexibility index (Phi) is 3.87. The Hall–Kier alpha value is -1.62. The lowest BCUT2D eigenvalue weighted by molar-refractivity contribution is 0.177. The van der Waals surface area contributed by atoms with Gasteiger partial charge in [-0.3, -0.25) is 4.98 Å². The predicted octanol–water partition coefficient (Wildman–Crippen LogP) is 0.253. The number of amides is 1. The lowest BCUT2D eigenvalue weighted by Crippen LogP contribution is -2.38. The van der Waals surface area contributed by atoms with Gasteiger partial charge in [-0.15, -0.1) is 0 Å². The van der Waals surface area contributed by atoms with E-state index in [0.29, 0.717) is 6.42 Å². The molecule has 1 heterocycles. The molecule has 1 rings (SSSR count). The summed E-state index contributed by atoms with van der Waals surface area (Å²) in [4.78, 5) is 14.2. The van der Waals surface area contributed by atoms with Crippen molar-refractivity contribution in [1.82, 2.24) is 10.3 Å². The highest BCUT2D eigenvalue weighted by molar-refractivity contribution is 5.64. The predicted molar refractivity (Wildman–Crippen MR) is 50.0 cm³/mol. The number of nitrogens with one attached hydrogen (secondary N) is 1. The number of aliphatic hydroxyl groups is 1. The largest absolute Gasteiger partial charge is 0.465 e. The number of carbonyl (C=O) groups is 1. The number of pyridine rings is 1. The van der Waals surface area contributed by atoms with Crippen molar-refractivity contribution in [1.29, 1.82) is 0 Å². The van der Waals surface area contributed by atoms with Gasteiger partial charge in [0.1, 0.15) is 0 Å². The Balaban J connectivity index is 2.53. The van der Waals surface area contributed by atoms with Crippen LogP contribution >= 0.6 is 0 Å². The van der Waals surface area contributed by atoms with Gasteiger partial charge in [-0.2, -0.15) is 0 Å². The first kappa shape index (κ1) is 10.5. The fourth-order valence-electron chi connectivity index (χ4n) is 1.14. The molecular formula is C9H12N2O3. The third kappa shape index (κ3) is 3.40. The van der Waals surface area contributed by atoms with Crippen molar-refractivity contribution in [2.24, 2.45) is 0 Å². The molecule has 0 spiro atoms. The Morgan fingerprint density at radius 1 is 1.50 bits per heavy atom. The number of aliphatic hydroxyl groups excluding tert-OH is 1. The second-order valence-electron chi connectivity index (χ2n) is 2.89. The van der Waals surface area contributed by atoms with Gasteiger partial charge in [0.15, 0.2) is 0 Å². The van der Waals surface area contributed by atoms with Gasteiger partial charge in [-0.05, 0) is 24.1 Å². The molecule has 5 heteroatoms. The van der Waals surface area contributed by atoms with E-state index in [-0.39, 0.29) is 6.61 Å². The maximum atomic E-state index is 10.3. The molecule has 0 saturated heterocycles. The van der Waals surface area contributed by atoms with Crippen molar-refractivity contribution in [3.8, 4) is 0 Å². The molecule has 0 fully saturated rings. The molecule has 0 radical (unpaired) electrons. The molecule has 0 unspecified atom stereocenters. The van der Waals surface area contributed by atoms with Crippen LogP contribution in [-0.4, -0.2) is 33.9 Å². The minimum atomic E-state index is -1.13. The van der Waals surface area contributed by atoms with Gasteiger partial charge >= 0.3 is 6.09 Å². The highest BCUT2D eigenvalue weighted by Crippen LogP contribution is 2.01. The Morgan fingerprint density at radius 3 is 2.64 bits per heavy atom. The minimum Gasteiger partial charge on any atom is -0.465 e. The van der Waals surface area contributed by atoms with Crippen LogP contribution < -0.4 is 5.32 Å². The summed E-state index contributed by atoms with van der Waals surface area (Å²) >= 11 is 0. The normalized spacial score (nSPS) is 12.1. The lowest BCUT2D eigenvalue weighted by atomic mass is 10.1. The Bertz CT molecular complexity index is 289. The van der Waals surface area contributed by atoms with Gasteiger partial charge in [0.05, 0.1) is 12.6 Å². The molecule has 1 amide bonds. The second-order valence-corrected chi connectivity index (χ2v) is 2.89. The average molecular weight is 196 g/mol. The first-order valence-corrected chi connectivity index (χ1v) is 4.21. The van der Waals surface area contributed by atoms with E-state index >= 15 is 0 Å². The molecule has 0 saturated carbocycles. The van der Waals surface area contributed by atoms with E-state index < -0.39 is 12.1 Å². The maximum absolute atomic E-state index is 10.3. The van der Waals surface area contributed by atoms with Crippen LogP contribution in [0.3, 0.4) is 0 Å². The number of hydrogen-bond acceptors (Lipinski definition) is 3. The molecule has 1 aromatic heterocycles. The quantitative estimate of drug-likeness (QED) is 0.644. The fourth-order valence-corrected chi connectivity index (χ4v) is 1.14. The highest BCUT2D eigenvalue weighted by Gasteiger charge is 2.10. The van der Waals surface area contributed by atoms with E-state index in [2.05, 4.69) is 10.3 Å². The summed E-state index contributed by atoms with van der Waals surface area (Å²) in [5.74, 6) is 0. The molecule has 14 heavy (non-hydrogen) atoms. The third-order valence-corrected chi connectivity index (χ3v) is 1.78. The van der Waals surface area contributed by atoms with E-state index in [1.807, 2.05) is 0 Å². The number of aromatic nitrogens is 1. The molecule has 0 aromatic carbocycles. The van der Waals surface area contributed by atoms with Crippen molar-refractivity contribution in [2.75, 3.05) is 6.61 Å². The molecule has 0 aliphatic carbocycles. The maximum Gasteiger partial charge on any atom is 0.404 e. The van der Waals surface area contributed by atoms with E-state index in [0.717, 1.165) is 5.56 Å². The first-order valence-electron chi connectivity index (χ1n) is 4.21. The van der Waals surface area contributed by atoms with Crippen molar-refractivity contribution in [3.63, 3.8) is 0 Å². The summed E-state index contributed by atoms with van der Waals surface area (Å²) in [6, 6.07) is 3.10. The van der Waals surface area contributed by atoms with Crippen LogP contribution in [0.4, 0.5) is 4.79 Å². The van der Waals surface area contributed by atoms with Crippen LogP contribution in [0.5, 0.6) is 0 Å². The summed E-state index contributed by atoms with van der Waals surface area (Å²) in [6.45, 7) is -0.214. The van der Waals surface area contributed by atoms with Crippen molar-refractivity contribution in [2.45, 2.75) is 12.5 Å². The van der Waals surface area contributed by atoms with E-state index in [1.165, 1.54) is 0 Å². The number of carboxylic acid groups (broad SMARTS) is 1. The summed E-state index contributed by atoms with van der Waals surface area (Å²) in [5.41, 5.74) is 0.938. The number of rotatable bonds is 4. The van der Waals surface area contributed by atoms with Crippen molar-refractivity contribution in [3.05, 3.63) is 30.1 Å². The molecule has 1 aromatic rings. The second kappa shape index (κ2) is 5.18. The van der Waals surface area contributed by atoms with Gasteiger partial charge in [0.2, 0.25) is 0 Å². The topological polar surface area (TPSA) is 82.5 Å². The van der Waals surface area contributed by atoms with Gasteiger partial charge < -0.3 is 15.5 Å². The van der Waals surface area contributed by atoms with Crippen LogP contribution in [-0.2, 0) is 6.42 Å². The minimum absolute atomic E-state index is 0.214. The van der Waals surface area contributed by atoms with Crippen LogP contribution in [0, 0.1) is 0 Å². The third-order valence-electron chi connectivity index (χ3n) is 1.78. The van der Waals surface area contributed by atoms with Gasteiger partial charge in [0.25, 0.3) is 0 Å². The average Bonchev–Trinajstić information content (AvgIpc) is 2.17. The fraction of sp³-hybridized carbons (Fsp3) is 0.333. The van der Waals surface area contributed by atoms with E-state index in [9.17, 15) is 4.79 Å².